The second-order valence-electron chi connectivity index (χ2n) is 6.44. The zero-order chi connectivity index (χ0) is 21.9. The molecule has 4 N–H and O–H groups in total. The van der Waals surface area contributed by atoms with E-state index in [-0.39, 0.29) is 16.9 Å². The number of carbonyl (C=O) groups excluding carboxylic acids is 2. The highest BCUT2D eigenvalue weighted by atomic mass is 32.2. The number of Topliss-reactive ketones (excluding diaryl/α,β-unsaturated/α-hetero) is 1. The number of rotatable bonds is 7. The van der Waals surface area contributed by atoms with Crippen LogP contribution >= 0.6 is 0 Å². The molecular formula is C17H20O11S. The van der Waals surface area contributed by atoms with E-state index in [1.54, 1.807) is 0 Å². The second kappa shape index (κ2) is 8.97. The second-order valence-corrected chi connectivity index (χ2v) is 8.46. The lowest BCUT2D eigenvalue weighted by Gasteiger charge is -2.37. The van der Waals surface area contributed by atoms with Crippen molar-refractivity contribution in [1.82, 2.24) is 0 Å². The molecule has 2 rings (SSSR count). The molecule has 1 heterocycles. The van der Waals surface area contributed by atoms with Crippen LogP contribution in [-0.2, 0) is 28.9 Å². The van der Waals surface area contributed by atoms with Crippen LogP contribution in [0.25, 0.3) is 0 Å². The summed E-state index contributed by atoms with van der Waals surface area (Å²) < 4.78 is 32.4. The predicted octanol–water partition coefficient (Wildman–Crippen LogP) is -1.51. The van der Waals surface area contributed by atoms with Gasteiger partial charge in [-0.1, -0.05) is 12.1 Å². The summed E-state index contributed by atoms with van der Waals surface area (Å²) in [6, 6.07) is 5.11. The smallest absolute Gasteiger partial charge is 0.335 e. The van der Waals surface area contributed by atoms with E-state index in [4.69, 9.17) is 14.6 Å². The molecule has 1 fully saturated rings. The summed E-state index contributed by atoms with van der Waals surface area (Å²) in [4.78, 5) is 35.1. The summed E-state index contributed by atoms with van der Waals surface area (Å²) in [7, 11) is -3.41. The summed E-state index contributed by atoms with van der Waals surface area (Å²) >= 11 is 0. The van der Waals surface area contributed by atoms with E-state index in [1.165, 1.54) is 24.3 Å². The van der Waals surface area contributed by atoms with Crippen molar-refractivity contribution in [3.63, 3.8) is 0 Å². The Kier molecular flexibility index (Phi) is 7.08. The molecule has 1 aliphatic rings. The maximum absolute atomic E-state index is 12.1. The van der Waals surface area contributed by atoms with Gasteiger partial charge in [0.2, 0.25) is 6.29 Å². The minimum Gasteiger partial charge on any atom is -0.479 e. The van der Waals surface area contributed by atoms with Gasteiger partial charge in [0.15, 0.2) is 21.7 Å². The zero-order valence-corrected chi connectivity index (χ0v) is 16.0. The number of aliphatic carboxylic acids is 1. The van der Waals surface area contributed by atoms with Gasteiger partial charge in [0.1, 0.15) is 18.3 Å². The van der Waals surface area contributed by atoms with E-state index in [1.807, 2.05) is 0 Å². The monoisotopic (exact) mass is 432 g/mol. The van der Waals surface area contributed by atoms with Crippen LogP contribution in [0.4, 0.5) is 0 Å². The number of hydrogen-bond acceptors (Lipinski definition) is 10. The highest BCUT2D eigenvalue weighted by Crippen LogP contribution is 2.23. The first-order chi connectivity index (χ1) is 13.4. The number of carboxylic acid groups (broad SMARTS) is 1. The molecule has 29 heavy (non-hydrogen) atoms. The van der Waals surface area contributed by atoms with Crippen molar-refractivity contribution in [2.75, 3.05) is 6.26 Å². The van der Waals surface area contributed by atoms with Crippen molar-refractivity contribution in [2.45, 2.75) is 48.4 Å². The maximum atomic E-state index is 12.1. The number of hydrogen-bond donors (Lipinski definition) is 4. The fourth-order valence-electron chi connectivity index (χ4n) is 2.59. The average molecular weight is 432 g/mol. The lowest BCUT2D eigenvalue weighted by molar-refractivity contribution is -0.286. The molecule has 5 atom stereocenters. The van der Waals surface area contributed by atoms with Gasteiger partial charge in [-0.25, -0.2) is 13.2 Å². The topological polar surface area (TPSA) is 185 Å². The Morgan fingerprint density at radius 1 is 1.00 bits per heavy atom. The normalized spacial score (nSPS) is 27.2. The van der Waals surface area contributed by atoms with Crippen LogP contribution in [0.2, 0.25) is 0 Å². The Balaban J connectivity index is 1.93. The summed E-state index contributed by atoms with van der Waals surface area (Å²) in [5.41, 5.74) is 0.170. The number of aliphatic hydroxyl groups is 3. The van der Waals surface area contributed by atoms with E-state index in [0.29, 0.717) is 0 Å². The molecule has 1 saturated heterocycles. The molecule has 0 unspecified atom stereocenters. The fraction of sp³-hybridized carbons (Fsp3) is 0.471. The number of ketones is 1. The third-order valence-electron chi connectivity index (χ3n) is 4.22. The molecular weight excluding hydrogens is 412 g/mol. The largest absolute Gasteiger partial charge is 0.479 e. The summed E-state index contributed by atoms with van der Waals surface area (Å²) in [5.74, 6) is -3.12. The van der Waals surface area contributed by atoms with E-state index in [9.17, 15) is 38.1 Å². The molecule has 160 valence electrons. The Morgan fingerprint density at radius 2 is 1.59 bits per heavy atom. The van der Waals surface area contributed by atoms with Gasteiger partial charge in [-0.15, -0.1) is 0 Å². The van der Waals surface area contributed by atoms with Gasteiger partial charge in [0, 0.05) is 18.2 Å². The van der Waals surface area contributed by atoms with Crippen molar-refractivity contribution in [2.24, 2.45) is 0 Å². The van der Waals surface area contributed by atoms with Crippen LogP contribution in [-0.4, -0.2) is 83.5 Å². The number of aliphatic hydroxyl groups excluding tert-OH is 3. The van der Waals surface area contributed by atoms with Gasteiger partial charge in [-0.05, 0) is 12.1 Å². The van der Waals surface area contributed by atoms with Gasteiger partial charge < -0.3 is 29.9 Å². The Bertz CT molecular complexity index is 877. The number of esters is 1. The standard InChI is InChI=1S/C17H20O11S/c1-29(25,26)9-4-2-8(3-5-9)10(18)6-7-11(19)27-17-14(22)12(20)13(21)15(28-17)16(23)24/h2-5,12-15,17,20-22H,6-7H2,1H3,(H,23,24)/t12-,13-,14+,15-,17+/m0/s1. The number of ether oxygens (including phenoxy) is 2. The number of carbonyl (C=O) groups is 3. The average Bonchev–Trinajstić information content (AvgIpc) is 2.65. The molecule has 0 spiro atoms. The van der Waals surface area contributed by atoms with Crippen LogP contribution in [0.3, 0.4) is 0 Å². The minimum atomic E-state index is -3.41. The van der Waals surface area contributed by atoms with Crippen LogP contribution in [0.15, 0.2) is 29.2 Å². The first-order valence-electron chi connectivity index (χ1n) is 8.37. The highest BCUT2D eigenvalue weighted by Gasteiger charge is 2.48. The molecule has 12 heteroatoms. The number of benzene rings is 1. The van der Waals surface area contributed by atoms with E-state index >= 15 is 0 Å². The Morgan fingerprint density at radius 3 is 2.10 bits per heavy atom. The van der Waals surface area contributed by atoms with Gasteiger partial charge >= 0.3 is 11.9 Å². The predicted molar refractivity (Wildman–Crippen MR) is 93.5 cm³/mol. The molecule has 1 aromatic carbocycles. The van der Waals surface area contributed by atoms with E-state index in [2.05, 4.69) is 0 Å². The van der Waals surface area contributed by atoms with Crippen molar-refractivity contribution in [1.29, 1.82) is 0 Å². The van der Waals surface area contributed by atoms with Crippen molar-refractivity contribution < 1.29 is 52.7 Å². The quantitative estimate of drug-likeness (QED) is 0.290. The third-order valence-corrected chi connectivity index (χ3v) is 5.35. The van der Waals surface area contributed by atoms with Crippen LogP contribution in [0, 0.1) is 0 Å². The summed E-state index contributed by atoms with van der Waals surface area (Å²) in [6.45, 7) is 0. The lowest BCUT2D eigenvalue weighted by Crippen LogP contribution is -2.60. The van der Waals surface area contributed by atoms with Crippen molar-refractivity contribution in [3.05, 3.63) is 29.8 Å². The van der Waals surface area contributed by atoms with Crippen molar-refractivity contribution >= 4 is 27.6 Å². The number of sulfone groups is 1. The molecule has 11 nitrogen and oxygen atoms in total. The SMILES string of the molecule is CS(=O)(=O)c1ccc(C(=O)CCC(=O)O[C@@H]2O[C@H](C(=O)O)[C@@H](O)[C@H](O)[C@H]2O)cc1. The first kappa shape index (κ1) is 22.9. The third kappa shape index (κ3) is 5.58. The summed E-state index contributed by atoms with van der Waals surface area (Å²) in [6.07, 6.45) is -9.22. The number of carboxylic acids is 1. The molecule has 0 saturated carbocycles. The molecule has 0 aliphatic carbocycles. The lowest BCUT2D eigenvalue weighted by atomic mass is 9.99. The molecule has 0 bridgehead atoms. The zero-order valence-electron chi connectivity index (χ0n) is 15.2. The molecule has 1 aliphatic heterocycles. The van der Waals surface area contributed by atoms with Crippen LogP contribution in [0.1, 0.15) is 23.2 Å². The fourth-order valence-corrected chi connectivity index (χ4v) is 3.22. The maximum Gasteiger partial charge on any atom is 0.335 e. The highest BCUT2D eigenvalue weighted by molar-refractivity contribution is 7.90. The van der Waals surface area contributed by atoms with Gasteiger partial charge in [-0.2, -0.15) is 0 Å². The molecule has 0 radical (unpaired) electrons. The van der Waals surface area contributed by atoms with Gasteiger partial charge in [-0.3, -0.25) is 9.59 Å². The van der Waals surface area contributed by atoms with Crippen molar-refractivity contribution in [3.8, 4) is 0 Å². The summed E-state index contributed by atoms with van der Waals surface area (Å²) in [5, 5.41) is 37.9. The van der Waals surface area contributed by atoms with Crippen LogP contribution in [0.5, 0.6) is 0 Å². The van der Waals surface area contributed by atoms with Crippen LogP contribution < -0.4 is 0 Å². The Hall–Kier alpha value is -2.38. The molecule has 0 amide bonds. The molecule has 1 aromatic rings. The minimum absolute atomic E-state index is 0.0330. The molecule has 0 aromatic heterocycles. The van der Waals surface area contributed by atoms with Gasteiger partial charge in [0.05, 0.1) is 11.3 Å². The van der Waals surface area contributed by atoms with E-state index in [0.717, 1.165) is 6.26 Å². The van der Waals surface area contributed by atoms with Gasteiger partial charge in [0.25, 0.3) is 0 Å². The van der Waals surface area contributed by atoms with E-state index < -0.39 is 64.7 Å². The first-order valence-corrected chi connectivity index (χ1v) is 10.3. The Labute approximate surface area is 165 Å².